The number of thiophene rings is 1. The third-order valence-electron chi connectivity index (χ3n) is 5.06. The van der Waals surface area contributed by atoms with E-state index in [2.05, 4.69) is 10.3 Å². The number of fused-ring (bicyclic) bond motifs is 2. The number of hydrogen-bond acceptors (Lipinski definition) is 6. The fourth-order valence-corrected chi connectivity index (χ4v) is 5.24. The van der Waals surface area contributed by atoms with Crippen molar-refractivity contribution in [1.29, 1.82) is 0 Å². The molecule has 1 aliphatic heterocycles. The van der Waals surface area contributed by atoms with Crippen molar-refractivity contribution in [3.63, 3.8) is 0 Å². The first-order valence-corrected chi connectivity index (χ1v) is 11.1. The van der Waals surface area contributed by atoms with Crippen LogP contribution >= 0.6 is 22.7 Å². The summed E-state index contributed by atoms with van der Waals surface area (Å²) in [6, 6.07) is 16.8. The molecule has 150 valence electrons. The minimum Gasteiger partial charge on any atom is -0.369 e. The Kier molecular flexibility index (Phi) is 4.82. The molecule has 2 amide bonds. The van der Waals surface area contributed by atoms with E-state index in [1.54, 1.807) is 18.2 Å². The van der Waals surface area contributed by atoms with Crippen LogP contribution in [-0.2, 0) is 6.42 Å². The van der Waals surface area contributed by atoms with Crippen LogP contribution < -0.4 is 5.32 Å². The molecule has 2 aromatic heterocycles. The van der Waals surface area contributed by atoms with Crippen LogP contribution in [0.5, 0.6) is 0 Å². The molecule has 0 spiro atoms. The zero-order valence-corrected chi connectivity index (χ0v) is 17.4. The van der Waals surface area contributed by atoms with Gasteiger partial charge in [-0.25, -0.2) is 4.98 Å². The van der Waals surface area contributed by atoms with Gasteiger partial charge in [0.05, 0.1) is 10.6 Å². The minimum atomic E-state index is -0.931. The lowest BCUT2D eigenvalue weighted by atomic mass is 10.1. The van der Waals surface area contributed by atoms with Crippen molar-refractivity contribution >= 4 is 49.7 Å². The molecule has 2 N–H and O–H groups in total. The Morgan fingerprint density at radius 2 is 1.97 bits per heavy atom. The molecule has 8 heteroatoms. The van der Waals surface area contributed by atoms with Crippen molar-refractivity contribution in [2.24, 2.45) is 0 Å². The SMILES string of the molecule is O=C(Nc1nc(CCN2C(=O)c3ccccc3C2O)cs1)c1cc2ccccc2s1. The highest BCUT2D eigenvalue weighted by Gasteiger charge is 2.34. The van der Waals surface area contributed by atoms with E-state index in [4.69, 9.17) is 0 Å². The van der Waals surface area contributed by atoms with Gasteiger partial charge >= 0.3 is 0 Å². The monoisotopic (exact) mass is 435 g/mol. The van der Waals surface area contributed by atoms with Crippen molar-refractivity contribution in [3.05, 3.63) is 81.7 Å². The number of hydrogen-bond donors (Lipinski definition) is 2. The molecule has 5 rings (SSSR count). The van der Waals surface area contributed by atoms with Gasteiger partial charge in [0.1, 0.15) is 0 Å². The van der Waals surface area contributed by atoms with Gasteiger partial charge in [-0.05, 0) is 23.6 Å². The number of aliphatic hydroxyl groups excluding tert-OH is 1. The lowest BCUT2D eigenvalue weighted by Gasteiger charge is -2.20. The summed E-state index contributed by atoms with van der Waals surface area (Å²) in [6.07, 6.45) is -0.439. The molecular formula is C22H17N3O3S2. The molecule has 6 nitrogen and oxygen atoms in total. The molecule has 1 atom stereocenters. The molecular weight excluding hydrogens is 418 g/mol. The van der Waals surface area contributed by atoms with E-state index >= 15 is 0 Å². The first-order chi connectivity index (χ1) is 14.6. The average Bonchev–Trinajstić information content (AvgIpc) is 3.45. The van der Waals surface area contributed by atoms with Gasteiger partial charge < -0.3 is 10.0 Å². The zero-order valence-electron chi connectivity index (χ0n) is 15.7. The highest BCUT2D eigenvalue weighted by molar-refractivity contribution is 7.21. The Labute approximate surface area is 180 Å². The highest BCUT2D eigenvalue weighted by Crippen LogP contribution is 2.31. The molecule has 0 bridgehead atoms. The third-order valence-corrected chi connectivity index (χ3v) is 6.98. The number of aromatic nitrogens is 1. The van der Waals surface area contributed by atoms with Crippen LogP contribution in [0.1, 0.15) is 37.5 Å². The fraction of sp³-hybridized carbons (Fsp3) is 0.136. The molecule has 2 aromatic carbocycles. The number of nitrogens with one attached hydrogen (secondary N) is 1. The van der Waals surface area contributed by atoms with Crippen molar-refractivity contribution in [2.45, 2.75) is 12.6 Å². The maximum Gasteiger partial charge on any atom is 0.267 e. The summed E-state index contributed by atoms with van der Waals surface area (Å²) in [5.41, 5.74) is 1.94. The lowest BCUT2D eigenvalue weighted by Crippen LogP contribution is -2.30. The second kappa shape index (κ2) is 7.64. The fourth-order valence-electron chi connectivity index (χ4n) is 3.54. The molecule has 3 heterocycles. The smallest absolute Gasteiger partial charge is 0.267 e. The van der Waals surface area contributed by atoms with Crippen LogP contribution in [0, 0.1) is 0 Å². The molecule has 0 saturated heterocycles. The maximum atomic E-state index is 12.6. The quantitative estimate of drug-likeness (QED) is 0.490. The number of carbonyl (C=O) groups is 2. The summed E-state index contributed by atoms with van der Waals surface area (Å²) in [7, 11) is 0. The zero-order chi connectivity index (χ0) is 20.7. The lowest BCUT2D eigenvalue weighted by molar-refractivity contribution is 0.0181. The number of carbonyl (C=O) groups excluding carboxylic acids is 2. The van der Waals surface area contributed by atoms with Crippen LogP contribution in [-0.4, -0.2) is 33.3 Å². The van der Waals surface area contributed by atoms with E-state index in [0.717, 1.165) is 15.8 Å². The van der Waals surface area contributed by atoms with Crippen molar-refractivity contribution in [2.75, 3.05) is 11.9 Å². The second-order valence-electron chi connectivity index (χ2n) is 6.96. The molecule has 30 heavy (non-hydrogen) atoms. The van der Waals surface area contributed by atoms with Crippen LogP contribution in [0.4, 0.5) is 5.13 Å². The van der Waals surface area contributed by atoms with E-state index in [9.17, 15) is 14.7 Å². The summed E-state index contributed by atoms with van der Waals surface area (Å²) < 4.78 is 1.07. The van der Waals surface area contributed by atoms with Gasteiger partial charge in [-0.1, -0.05) is 36.4 Å². The van der Waals surface area contributed by atoms with Crippen LogP contribution in [0.25, 0.3) is 10.1 Å². The van der Waals surface area contributed by atoms with Gasteiger partial charge in [-0.15, -0.1) is 22.7 Å². The van der Waals surface area contributed by atoms with Crippen molar-refractivity contribution in [1.82, 2.24) is 9.88 Å². The summed E-state index contributed by atoms with van der Waals surface area (Å²) >= 11 is 2.79. The number of amides is 2. The minimum absolute atomic E-state index is 0.174. The number of anilines is 1. The van der Waals surface area contributed by atoms with Gasteiger partial charge in [-0.2, -0.15) is 0 Å². The average molecular weight is 436 g/mol. The topological polar surface area (TPSA) is 82.5 Å². The van der Waals surface area contributed by atoms with E-state index in [1.807, 2.05) is 41.8 Å². The number of aliphatic hydroxyl groups is 1. The summed E-state index contributed by atoms with van der Waals surface area (Å²) in [4.78, 5) is 31.6. The van der Waals surface area contributed by atoms with E-state index < -0.39 is 6.23 Å². The van der Waals surface area contributed by atoms with Crippen LogP contribution in [0.3, 0.4) is 0 Å². The number of benzene rings is 2. The second-order valence-corrected chi connectivity index (χ2v) is 8.90. The van der Waals surface area contributed by atoms with E-state index in [-0.39, 0.29) is 11.8 Å². The predicted molar refractivity (Wildman–Crippen MR) is 118 cm³/mol. The van der Waals surface area contributed by atoms with Crippen LogP contribution in [0.15, 0.2) is 60.0 Å². The number of rotatable bonds is 5. The van der Waals surface area contributed by atoms with E-state index in [1.165, 1.54) is 27.6 Å². The molecule has 1 aliphatic rings. The summed E-state index contributed by atoms with van der Waals surface area (Å²) in [6.45, 7) is 0.349. The molecule has 0 radical (unpaired) electrons. The summed E-state index contributed by atoms with van der Waals surface area (Å²) in [5.74, 6) is -0.357. The summed E-state index contributed by atoms with van der Waals surface area (Å²) in [5, 5.41) is 16.7. The first kappa shape index (κ1) is 18.9. The van der Waals surface area contributed by atoms with Crippen LogP contribution in [0.2, 0.25) is 0 Å². The Morgan fingerprint density at radius 3 is 2.80 bits per heavy atom. The molecule has 0 aliphatic carbocycles. The Bertz CT molecular complexity index is 1230. The third kappa shape index (κ3) is 3.39. The Hall–Kier alpha value is -3.07. The van der Waals surface area contributed by atoms with Gasteiger partial charge in [0.25, 0.3) is 11.8 Å². The molecule has 4 aromatic rings. The van der Waals surface area contributed by atoms with Gasteiger partial charge in [0.2, 0.25) is 0 Å². The number of thiazole rings is 1. The maximum absolute atomic E-state index is 12.6. The van der Waals surface area contributed by atoms with Gasteiger partial charge in [0, 0.05) is 34.2 Å². The van der Waals surface area contributed by atoms with Crippen molar-refractivity contribution < 1.29 is 14.7 Å². The highest BCUT2D eigenvalue weighted by atomic mass is 32.1. The molecule has 0 saturated carbocycles. The largest absolute Gasteiger partial charge is 0.369 e. The first-order valence-electron chi connectivity index (χ1n) is 9.42. The molecule has 0 fully saturated rings. The van der Waals surface area contributed by atoms with E-state index in [0.29, 0.717) is 34.1 Å². The van der Waals surface area contributed by atoms with Gasteiger partial charge in [0.15, 0.2) is 11.4 Å². The number of nitrogens with zero attached hydrogens (tertiary/aromatic N) is 2. The Morgan fingerprint density at radius 1 is 1.17 bits per heavy atom. The van der Waals surface area contributed by atoms with Gasteiger partial charge in [-0.3, -0.25) is 14.9 Å². The standard InChI is InChI=1S/C22H17N3O3S2/c26-19(18-11-13-5-1-4-8-17(13)30-18)24-22-23-14(12-29-22)9-10-25-20(27)15-6-2-3-7-16(15)21(25)28/h1-8,11-12,20,27H,9-10H2,(H,23,24,26). The Balaban J connectivity index is 1.23. The molecule has 1 unspecified atom stereocenters. The predicted octanol–water partition coefficient (Wildman–Crippen LogP) is 4.30. The van der Waals surface area contributed by atoms with Crippen molar-refractivity contribution in [3.8, 4) is 0 Å². The normalized spacial score (nSPS) is 15.6.